The summed E-state index contributed by atoms with van der Waals surface area (Å²) >= 11 is 0. The van der Waals surface area contributed by atoms with Crippen molar-refractivity contribution in [3.05, 3.63) is 29.3 Å². The third-order valence-corrected chi connectivity index (χ3v) is 3.79. The van der Waals surface area contributed by atoms with Crippen molar-refractivity contribution in [1.82, 2.24) is 5.32 Å². The molecule has 0 spiro atoms. The number of aliphatic hydroxyl groups is 1. The summed E-state index contributed by atoms with van der Waals surface area (Å²) in [4.78, 5) is 0. The Morgan fingerprint density at radius 3 is 2.67 bits per heavy atom. The summed E-state index contributed by atoms with van der Waals surface area (Å²) in [6.45, 7) is 3.95. The quantitative estimate of drug-likeness (QED) is 0.856. The Balaban J connectivity index is 2.13. The molecule has 100 valence electrons. The van der Waals surface area contributed by atoms with Gasteiger partial charge in [0.2, 0.25) is 0 Å². The standard InChI is InChI=1S/C15H23NO2/c1-3-13-10-12(4-5-14(13)18-2)11-15(17)6-8-16-9-7-15/h4-5,10,16-17H,3,6-9,11H2,1-2H3. The fraction of sp³-hybridized carbons (Fsp3) is 0.600. The van der Waals surface area contributed by atoms with Crippen molar-refractivity contribution >= 4 is 0 Å². The van der Waals surface area contributed by atoms with Gasteiger partial charge in [-0.2, -0.15) is 0 Å². The van der Waals surface area contributed by atoms with Crippen molar-refractivity contribution in [2.24, 2.45) is 0 Å². The Morgan fingerprint density at radius 2 is 2.06 bits per heavy atom. The lowest BCUT2D eigenvalue weighted by molar-refractivity contribution is 0.0108. The van der Waals surface area contributed by atoms with Crippen LogP contribution < -0.4 is 10.1 Å². The van der Waals surface area contributed by atoms with Crippen LogP contribution in [0.25, 0.3) is 0 Å². The highest BCUT2D eigenvalue weighted by Crippen LogP contribution is 2.26. The van der Waals surface area contributed by atoms with E-state index in [2.05, 4.69) is 24.4 Å². The van der Waals surface area contributed by atoms with E-state index in [1.54, 1.807) is 7.11 Å². The van der Waals surface area contributed by atoms with Crippen molar-refractivity contribution in [3.8, 4) is 5.75 Å². The van der Waals surface area contributed by atoms with Gasteiger partial charge in [-0.3, -0.25) is 0 Å². The molecule has 1 saturated heterocycles. The molecular formula is C15H23NO2. The summed E-state index contributed by atoms with van der Waals surface area (Å²) in [6.07, 6.45) is 3.36. The molecule has 2 rings (SSSR count). The molecule has 3 heteroatoms. The zero-order chi connectivity index (χ0) is 13.0. The molecule has 0 aliphatic carbocycles. The first-order valence-corrected chi connectivity index (χ1v) is 6.76. The topological polar surface area (TPSA) is 41.5 Å². The molecule has 1 aliphatic heterocycles. The average Bonchev–Trinajstić information content (AvgIpc) is 2.39. The molecule has 1 aromatic rings. The minimum absolute atomic E-state index is 0.537. The Bertz CT molecular complexity index is 397. The largest absolute Gasteiger partial charge is 0.496 e. The highest BCUT2D eigenvalue weighted by atomic mass is 16.5. The molecule has 0 aromatic heterocycles. The van der Waals surface area contributed by atoms with Crippen LogP contribution in [0.1, 0.15) is 30.9 Å². The van der Waals surface area contributed by atoms with Crippen LogP contribution in [0, 0.1) is 0 Å². The number of methoxy groups -OCH3 is 1. The van der Waals surface area contributed by atoms with Gasteiger partial charge in [-0.1, -0.05) is 19.1 Å². The molecule has 1 heterocycles. The SMILES string of the molecule is CCc1cc(CC2(O)CCNCC2)ccc1OC. The summed E-state index contributed by atoms with van der Waals surface area (Å²) < 4.78 is 5.33. The molecule has 2 N–H and O–H groups in total. The fourth-order valence-corrected chi connectivity index (χ4v) is 2.67. The van der Waals surface area contributed by atoms with E-state index < -0.39 is 5.60 Å². The molecule has 3 nitrogen and oxygen atoms in total. The summed E-state index contributed by atoms with van der Waals surface area (Å²) in [5, 5.41) is 13.8. The average molecular weight is 249 g/mol. The van der Waals surface area contributed by atoms with Crippen molar-refractivity contribution in [3.63, 3.8) is 0 Å². The van der Waals surface area contributed by atoms with Gasteiger partial charge in [-0.25, -0.2) is 0 Å². The smallest absolute Gasteiger partial charge is 0.122 e. The van der Waals surface area contributed by atoms with E-state index in [9.17, 15) is 5.11 Å². The van der Waals surface area contributed by atoms with Crippen LogP contribution in [0.3, 0.4) is 0 Å². The van der Waals surface area contributed by atoms with Crippen LogP contribution in [0.4, 0.5) is 0 Å². The maximum absolute atomic E-state index is 10.5. The number of hydrogen-bond acceptors (Lipinski definition) is 3. The van der Waals surface area contributed by atoms with Crippen LogP contribution in [0.15, 0.2) is 18.2 Å². The second-order valence-electron chi connectivity index (χ2n) is 5.15. The number of benzene rings is 1. The lowest BCUT2D eigenvalue weighted by atomic mass is 9.85. The number of hydrogen-bond donors (Lipinski definition) is 2. The Labute approximate surface area is 109 Å². The molecule has 1 aromatic carbocycles. The molecule has 18 heavy (non-hydrogen) atoms. The van der Waals surface area contributed by atoms with E-state index >= 15 is 0 Å². The van der Waals surface area contributed by atoms with E-state index in [-0.39, 0.29) is 0 Å². The van der Waals surface area contributed by atoms with Crippen LogP contribution in [0.2, 0.25) is 0 Å². The monoisotopic (exact) mass is 249 g/mol. The Hall–Kier alpha value is -1.06. The van der Waals surface area contributed by atoms with E-state index in [0.717, 1.165) is 44.5 Å². The molecule has 0 saturated carbocycles. The second-order valence-corrected chi connectivity index (χ2v) is 5.15. The second kappa shape index (κ2) is 5.72. The van der Waals surface area contributed by atoms with Crippen LogP contribution in [0.5, 0.6) is 5.75 Å². The highest BCUT2D eigenvalue weighted by molar-refractivity contribution is 5.37. The van der Waals surface area contributed by atoms with Gasteiger partial charge in [-0.05, 0) is 49.5 Å². The van der Waals surface area contributed by atoms with E-state index in [4.69, 9.17) is 4.74 Å². The summed E-state index contributed by atoms with van der Waals surface area (Å²) in [5.41, 5.74) is 1.88. The molecule has 0 radical (unpaired) electrons. The van der Waals surface area contributed by atoms with Crippen molar-refractivity contribution in [2.45, 2.75) is 38.2 Å². The lowest BCUT2D eigenvalue weighted by Crippen LogP contribution is -2.43. The number of aryl methyl sites for hydroxylation is 1. The first-order valence-electron chi connectivity index (χ1n) is 6.76. The summed E-state index contributed by atoms with van der Waals surface area (Å²) in [5.74, 6) is 0.943. The Kier molecular flexibility index (Phi) is 4.25. The molecule has 0 atom stereocenters. The van der Waals surface area contributed by atoms with E-state index in [1.165, 1.54) is 11.1 Å². The van der Waals surface area contributed by atoms with Crippen LogP contribution in [-0.2, 0) is 12.8 Å². The molecule has 1 aliphatic rings. The van der Waals surface area contributed by atoms with Gasteiger partial charge in [0, 0.05) is 6.42 Å². The first-order chi connectivity index (χ1) is 8.67. The summed E-state index contributed by atoms with van der Waals surface area (Å²) in [7, 11) is 1.70. The van der Waals surface area contributed by atoms with Gasteiger partial charge in [0.15, 0.2) is 0 Å². The molecule has 0 amide bonds. The zero-order valence-electron chi connectivity index (χ0n) is 11.3. The predicted octanol–water partition coefficient (Wildman–Crippen LogP) is 1.91. The highest BCUT2D eigenvalue weighted by Gasteiger charge is 2.29. The summed E-state index contributed by atoms with van der Waals surface area (Å²) in [6, 6.07) is 6.25. The minimum atomic E-state index is -0.537. The van der Waals surface area contributed by atoms with E-state index in [1.807, 2.05) is 6.07 Å². The maximum Gasteiger partial charge on any atom is 0.122 e. The molecule has 0 unspecified atom stereocenters. The third kappa shape index (κ3) is 3.03. The van der Waals surface area contributed by atoms with Crippen molar-refractivity contribution in [1.29, 1.82) is 0 Å². The van der Waals surface area contributed by atoms with Crippen LogP contribution in [-0.4, -0.2) is 30.9 Å². The Morgan fingerprint density at radius 1 is 1.33 bits per heavy atom. The fourth-order valence-electron chi connectivity index (χ4n) is 2.67. The van der Waals surface area contributed by atoms with Gasteiger partial charge >= 0.3 is 0 Å². The van der Waals surface area contributed by atoms with Gasteiger partial charge in [0.1, 0.15) is 5.75 Å². The lowest BCUT2D eigenvalue weighted by Gasteiger charge is -2.32. The third-order valence-electron chi connectivity index (χ3n) is 3.79. The number of ether oxygens (including phenoxy) is 1. The van der Waals surface area contributed by atoms with Crippen molar-refractivity contribution in [2.75, 3.05) is 20.2 Å². The van der Waals surface area contributed by atoms with Gasteiger partial charge in [0.05, 0.1) is 12.7 Å². The van der Waals surface area contributed by atoms with Gasteiger partial charge in [0.25, 0.3) is 0 Å². The first kappa shape index (κ1) is 13.4. The number of rotatable bonds is 4. The number of piperidine rings is 1. The predicted molar refractivity (Wildman–Crippen MR) is 73.1 cm³/mol. The van der Waals surface area contributed by atoms with Crippen LogP contribution >= 0.6 is 0 Å². The zero-order valence-corrected chi connectivity index (χ0v) is 11.3. The molecule has 1 fully saturated rings. The molecule has 0 bridgehead atoms. The normalized spacial score (nSPS) is 18.6. The van der Waals surface area contributed by atoms with Gasteiger partial charge in [-0.15, -0.1) is 0 Å². The maximum atomic E-state index is 10.5. The van der Waals surface area contributed by atoms with E-state index in [0.29, 0.717) is 0 Å². The minimum Gasteiger partial charge on any atom is -0.496 e. The number of nitrogens with one attached hydrogen (secondary N) is 1. The molecular weight excluding hydrogens is 226 g/mol. The van der Waals surface area contributed by atoms with Crippen molar-refractivity contribution < 1.29 is 9.84 Å². The van der Waals surface area contributed by atoms with Gasteiger partial charge < -0.3 is 15.2 Å².